The molecule has 0 spiro atoms. The number of rotatable bonds is 1. The van der Waals surface area contributed by atoms with Crippen LogP contribution in [0, 0.1) is 12.7 Å². The third kappa shape index (κ3) is 1.96. The molecule has 2 heterocycles. The summed E-state index contributed by atoms with van der Waals surface area (Å²) in [4.78, 5) is 4.78. The summed E-state index contributed by atoms with van der Waals surface area (Å²) < 4.78 is 15.3. The van der Waals surface area contributed by atoms with E-state index in [9.17, 15) is 4.39 Å². The van der Waals surface area contributed by atoms with E-state index in [1.165, 1.54) is 12.1 Å². The molecule has 0 saturated heterocycles. The number of aromatic nitrogens is 2. The molecule has 0 unspecified atom stereocenters. The first kappa shape index (κ1) is 12.4. The molecular formula is C15H18FN3. The number of fused-ring (bicyclic) bond motifs is 1. The number of hydrogen-bond acceptors (Lipinski definition) is 2. The molecule has 1 aromatic carbocycles. The Balaban J connectivity index is 2.14. The number of benzene rings is 1. The Labute approximate surface area is 112 Å². The van der Waals surface area contributed by atoms with E-state index in [4.69, 9.17) is 4.98 Å². The van der Waals surface area contributed by atoms with E-state index in [-0.39, 0.29) is 11.4 Å². The Morgan fingerprint density at radius 1 is 1.26 bits per heavy atom. The number of imidazole rings is 1. The largest absolute Gasteiger partial charge is 0.329 e. The molecule has 0 radical (unpaired) electrons. The number of nitrogens with one attached hydrogen (secondary N) is 1. The topological polar surface area (TPSA) is 29.9 Å². The smallest absolute Gasteiger partial charge is 0.129 e. The second-order valence-electron chi connectivity index (χ2n) is 5.58. The first-order chi connectivity index (χ1) is 8.99. The van der Waals surface area contributed by atoms with Gasteiger partial charge in [0, 0.05) is 24.3 Å². The molecule has 1 N–H and O–H groups in total. The van der Waals surface area contributed by atoms with Gasteiger partial charge in [-0.25, -0.2) is 9.37 Å². The molecular weight excluding hydrogens is 241 g/mol. The van der Waals surface area contributed by atoms with Crippen LogP contribution in [0.25, 0.3) is 11.3 Å². The fourth-order valence-electron chi connectivity index (χ4n) is 2.73. The molecule has 0 amide bonds. The highest BCUT2D eigenvalue weighted by Crippen LogP contribution is 2.30. The summed E-state index contributed by atoms with van der Waals surface area (Å²) >= 11 is 0. The highest BCUT2D eigenvalue weighted by atomic mass is 19.1. The summed E-state index contributed by atoms with van der Waals surface area (Å²) in [6.07, 6.45) is 0. The predicted molar refractivity (Wildman–Crippen MR) is 73.4 cm³/mol. The molecule has 0 saturated carbocycles. The van der Waals surface area contributed by atoms with Crippen LogP contribution in [0.1, 0.15) is 25.4 Å². The molecule has 1 aromatic heterocycles. The number of halogens is 1. The van der Waals surface area contributed by atoms with Crippen molar-refractivity contribution >= 4 is 0 Å². The van der Waals surface area contributed by atoms with Gasteiger partial charge >= 0.3 is 0 Å². The van der Waals surface area contributed by atoms with Crippen molar-refractivity contribution in [2.75, 3.05) is 6.54 Å². The molecule has 100 valence electrons. The van der Waals surface area contributed by atoms with Gasteiger partial charge in [-0.1, -0.05) is 0 Å². The van der Waals surface area contributed by atoms with E-state index in [1.807, 2.05) is 0 Å². The Morgan fingerprint density at radius 2 is 1.95 bits per heavy atom. The van der Waals surface area contributed by atoms with Gasteiger partial charge < -0.3 is 9.88 Å². The average Bonchev–Trinajstić information content (AvgIpc) is 2.70. The molecule has 0 fully saturated rings. The third-order valence-corrected chi connectivity index (χ3v) is 3.80. The zero-order chi connectivity index (χ0) is 13.6. The van der Waals surface area contributed by atoms with Crippen molar-refractivity contribution < 1.29 is 4.39 Å². The highest BCUT2D eigenvalue weighted by Gasteiger charge is 2.31. The Bertz CT molecular complexity index is 611. The molecule has 0 atom stereocenters. The summed E-state index contributed by atoms with van der Waals surface area (Å²) in [5.41, 5.74) is 2.95. The van der Waals surface area contributed by atoms with Crippen LogP contribution in [-0.4, -0.2) is 16.1 Å². The summed E-state index contributed by atoms with van der Waals surface area (Å²) in [5.74, 6) is 0.836. The van der Waals surface area contributed by atoms with Crippen LogP contribution in [-0.2, 0) is 12.1 Å². The van der Waals surface area contributed by atoms with Gasteiger partial charge in [0.2, 0.25) is 0 Å². The molecule has 0 bridgehead atoms. The maximum atomic E-state index is 13.0. The van der Waals surface area contributed by atoms with Crippen molar-refractivity contribution in [2.45, 2.75) is 32.9 Å². The van der Waals surface area contributed by atoms with Crippen LogP contribution in [0.5, 0.6) is 0 Å². The van der Waals surface area contributed by atoms with E-state index < -0.39 is 0 Å². The van der Waals surface area contributed by atoms with Crippen molar-refractivity contribution in [3.63, 3.8) is 0 Å². The Morgan fingerprint density at radius 3 is 2.58 bits per heavy atom. The van der Waals surface area contributed by atoms with Crippen LogP contribution in [0.4, 0.5) is 4.39 Å². The molecule has 4 heteroatoms. The standard InChI is InChI=1S/C15H18FN3/c1-10-13(11-4-6-12(16)7-5-11)18-14-15(2,3)17-8-9-19(10)14/h4-7,17H,8-9H2,1-3H3. The van der Waals surface area contributed by atoms with Crippen LogP contribution >= 0.6 is 0 Å². The number of hydrogen-bond donors (Lipinski definition) is 1. The van der Waals surface area contributed by atoms with E-state index in [0.29, 0.717) is 0 Å². The van der Waals surface area contributed by atoms with E-state index in [0.717, 1.165) is 35.9 Å². The van der Waals surface area contributed by atoms with Gasteiger partial charge in [0.1, 0.15) is 11.6 Å². The lowest BCUT2D eigenvalue weighted by Crippen LogP contribution is -2.45. The lowest BCUT2D eigenvalue weighted by atomic mass is 10.0. The van der Waals surface area contributed by atoms with Gasteiger partial charge in [-0.05, 0) is 45.0 Å². The average molecular weight is 259 g/mol. The molecule has 19 heavy (non-hydrogen) atoms. The zero-order valence-corrected chi connectivity index (χ0v) is 11.5. The normalized spacial score (nSPS) is 17.3. The second-order valence-corrected chi connectivity index (χ2v) is 5.58. The number of nitrogens with zero attached hydrogens (tertiary/aromatic N) is 2. The predicted octanol–water partition coefficient (Wildman–Crippen LogP) is 2.84. The first-order valence-electron chi connectivity index (χ1n) is 6.57. The van der Waals surface area contributed by atoms with Crippen LogP contribution in [0.15, 0.2) is 24.3 Å². The molecule has 1 aliphatic rings. The van der Waals surface area contributed by atoms with Gasteiger partial charge in [0.25, 0.3) is 0 Å². The molecule has 0 aliphatic carbocycles. The van der Waals surface area contributed by atoms with Crippen molar-refractivity contribution in [1.29, 1.82) is 0 Å². The lowest BCUT2D eigenvalue weighted by Gasteiger charge is -2.32. The quantitative estimate of drug-likeness (QED) is 0.853. The van der Waals surface area contributed by atoms with Gasteiger partial charge in [0.05, 0.1) is 11.2 Å². The van der Waals surface area contributed by atoms with E-state index >= 15 is 0 Å². The summed E-state index contributed by atoms with van der Waals surface area (Å²) in [6.45, 7) is 8.23. The SMILES string of the molecule is Cc1c(-c2ccc(F)cc2)nc2n1CCNC2(C)C. The second kappa shape index (κ2) is 4.17. The first-order valence-corrected chi connectivity index (χ1v) is 6.57. The van der Waals surface area contributed by atoms with Crippen molar-refractivity contribution in [3.05, 3.63) is 41.6 Å². The fourth-order valence-corrected chi connectivity index (χ4v) is 2.73. The van der Waals surface area contributed by atoms with Crippen molar-refractivity contribution in [1.82, 2.24) is 14.9 Å². The maximum absolute atomic E-state index is 13.0. The summed E-state index contributed by atoms with van der Waals surface area (Å²) in [6, 6.07) is 6.54. The van der Waals surface area contributed by atoms with Gasteiger partial charge in [0.15, 0.2) is 0 Å². The minimum absolute atomic E-state index is 0.124. The maximum Gasteiger partial charge on any atom is 0.129 e. The van der Waals surface area contributed by atoms with Crippen LogP contribution in [0.3, 0.4) is 0 Å². The van der Waals surface area contributed by atoms with Crippen LogP contribution < -0.4 is 5.32 Å². The Hall–Kier alpha value is -1.68. The zero-order valence-electron chi connectivity index (χ0n) is 11.5. The summed E-state index contributed by atoms with van der Waals surface area (Å²) in [7, 11) is 0. The van der Waals surface area contributed by atoms with E-state index in [2.05, 4.69) is 30.7 Å². The van der Waals surface area contributed by atoms with Crippen LogP contribution in [0.2, 0.25) is 0 Å². The molecule has 3 rings (SSSR count). The van der Waals surface area contributed by atoms with Gasteiger partial charge in [-0.2, -0.15) is 0 Å². The third-order valence-electron chi connectivity index (χ3n) is 3.80. The van der Waals surface area contributed by atoms with Crippen molar-refractivity contribution in [2.24, 2.45) is 0 Å². The molecule has 2 aromatic rings. The van der Waals surface area contributed by atoms with Gasteiger partial charge in [-0.15, -0.1) is 0 Å². The highest BCUT2D eigenvalue weighted by molar-refractivity contribution is 5.62. The summed E-state index contributed by atoms with van der Waals surface area (Å²) in [5, 5.41) is 3.47. The van der Waals surface area contributed by atoms with Crippen molar-refractivity contribution in [3.8, 4) is 11.3 Å². The molecule has 1 aliphatic heterocycles. The van der Waals surface area contributed by atoms with E-state index in [1.54, 1.807) is 12.1 Å². The lowest BCUT2D eigenvalue weighted by molar-refractivity contribution is 0.314. The molecule has 3 nitrogen and oxygen atoms in total. The Kier molecular flexibility index (Phi) is 2.71. The van der Waals surface area contributed by atoms with Gasteiger partial charge in [-0.3, -0.25) is 0 Å². The minimum Gasteiger partial charge on any atom is -0.329 e. The fraction of sp³-hybridized carbons (Fsp3) is 0.400. The minimum atomic E-state index is -0.215. The monoisotopic (exact) mass is 259 g/mol.